The van der Waals surface area contributed by atoms with Gasteiger partial charge in [-0.05, 0) is 37.1 Å². The quantitative estimate of drug-likeness (QED) is 0.444. The highest BCUT2D eigenvalue weighted by Gasteiger charge is 2.17. The largest absolute Gasteiger partial charge is 0.491 e. The summed E-state index contributed by atoms with van der Waals surface area (Å²) >= 11 is 1.49. The zero-order chi connectivity index (χ0) is 22.0. The molecule has 1 unspecified atom stereocenters. The van der Waals surface area contributed by atoms with E-state index in [2.05, 4.69) is 4.98 Å². The summed E-state index contributed by atoms with van der Waals surface area (Å²) in [7, 11) is 0. The van der Waals surface area contributed by atoms with Crippen molar-refractivity contribution in [3.8, 4) is 16.2 Å². The fourth-order valence-corrected chi connectivity index (χ4v) is 4.58. The Morgan fingerprint density at radius 2 is 1.97 bits per heavy atom. The second kappa shape index (κ2) is 8.83. The maximum absolute atomic E-state index is 13.1. The average Bonchev–Trinajstić information content (AvgIpc) is 3.12. The maximum atomic E-state index is 13.1. The summed E-state index contributed by atoms with van der Waals surface area (Å²) in [6.45, 7) is 3.46. The van der Waals surface area contributed by atoms with Gasteiger partial charge in [0.15, 0.2) is 5.78 Å². The number of nitrogens with zero attached hydrogens (tertiary/aromatic N) is 2. The van der Waals surface area contributed by atoms with Crippen LogP contribution in [0.5, 0.6) is 5.75 Å². The van der Waals surface area contributed by atoms with Crippen molar-refractivity contribution in [1.29, 1.82) is 0 Å². The Morgan fingerprint density at radius 1 is 1.19 bits per heavy atom. The van der Waals surface area contributed by atoms with Crippen molar-refractivity contribution in [1.82, 2.24) is 9.55 Å². The summed E-state index contributed by atoms with van der Waals surface area (Å²) in [6, 6.07) is 16.7. The third-order valence-corrected chi connectivity index (χ3v) is 6.29. The molecule has 2 heterocycles. The number of fused-ring (bicyclic) bond motifs is 1. The Balaban J connectivity index is 1.53. The van der Waals surface area contributed by atoms with Gasteiger partial charge in [-0.2, -0.15) is 0 Å². The van der Waals surface area contributed by atoms with Crippen molar-refractivity contribution in [3.05, 3.63) is 82.4 Å². The molecule has 6 nitrogen and oxygen atoms in total. The molecule has 0 amide bonds. The van der Waals surface area contributed by atoms with E-state index >= 15 is 0 Å². The molecule has 0 saturated carbocycles. The number of Topliss-reactive ketones (excluding diaryl/α,β-unsaturated/α-hetero) is 1. The van der Waals surface area contributed by atoms with Crippen LogP contribution in [0.25, 0.3) is 20.7 Å². The average molecular weight is 435 g/mol. The van der Waals surface area contributed by atoms with E-state index in [4.69, 9.17) is 4.74 Å². The normalized spacial score (nSPS) is 12.1. The van der Waals surface area contributed by atoms with Crippen LogP contribution in [0.2, 0.25) is 0 Å². The SMILES string of the molecule is CC(=O)c1cccc(OCC(O)Cn2cnc3sc(-c4ccccc4)c(C)c3c2=O)c1. The van der Waals surface area contributed by atoms with Crippen LogP contribution in [0.15, 0.2) is 65.7 Å². The van der Waals surface area contributed by atoms with E-state index < -0.39 is 6.10 Å². The van der Waals surface area contributed by atoms with Crippen molar-refractivity contribution in [2.24, 2.45) is 0 Å². The van der Waals surface area contributed by atoms with Gasteiger partial charge in [0.25, 0.3) is 5.56 Å². The van der Waals surface area contributed by atoms with Crippen LogP contribution in [0.3, 0.4) is 0 Å². The molecule has 0 fully saturated rings. The van der Waals surface area contributed by atoms with Crippen LogP contribution >= 0.6 is 11.3 Å². The van der Waals surface area contributed by atoms with Crippen molar-refractivity contribution in [2.75, 3.05) is 6.61 Å². The highest BCUT2D eigenvalue weighted by atomic mass is 32.1. The first-order valence-corrected chi connectivity index (χ1v) is 10.7. The van der Waals surface area contributed by atoms with Crippen LogP contribution in [0.1, 0.15) is 22.8 Å². The number of carbonyl (C=O) groups is 1. The summed E-state index contributed by atoms with van der Waals surface area (Å²) < 4.78 is 7.02. The number of hydrogen-bond donors (Lipinski definition) is 1. The minimum atomic E-state index is -0.912. The molecule has 4 rings (SSSR count). The number of rotatable bonds is 7. The number of aliphatic hydroxyl groups is 1. The molecular weight excluding hydrogens is 412 g/mol. The molecule has 1 atom stereocenters. The summed E-state index contributed by atoms with van der Waals surface area (Å²) in [5.74, 6) is 0.437. The lowest BCUT2D eigenvalue weighted by atomic mass is 10.1. The molecule has 31 heavy (non-hydrogen) atoms. The van der Waals surface area contributed by atoms with E-state index in [1.54, 1.807) is 24.3 Å². The molecule has 0 aliphatic carbocycles. The standard InChI is InChI=1S/C24H22N2O4S/c1-15-21-23(31-22(15)17-7-4-3-5-8-17)25-14-26(24(21)29)12-19(28)13-30-20-10-6-9-18(11-20)16(2)27/h3-11,14,19,28H,12-13H2,1-2H3. The van der Waals surface area contributed by atoms with Crippen LogP contribution in [0.4, 0.5) is 0 Å². The van der Waals surface area contributed by atoms with Gasteiger partial charge < -0.3 is 9.84 Å². The zero-order valence-corrected chi connectivity index (χ0v) is 18.1. The van der Waals surface area contributed by atoms with E-state index in [-0.39, 0.29) is 24.5 Å². The number of ketones is 1. The molecular formula is C24H22N2O4S. The third kappa shape index (κ3) is 4.42. The molecule has 7 heteroatoms. The van der Waals surface area contributed by atoms with Crippen LogP contribution in [0, 0.1) is 6.92 Å². The molecule has 0 saturated heterocycles. The lowest BCUT2D eigenvalue weighted by Gasteiger charge is -2.14. The van der Waals surface area contributed by atoms with Gasteiger partial charge in [0, 0.05) is 10.4 Å². The summed E-state index contributed by atoms with van der Waals surface area (Å²) in [6.07, 6.45) is 0.556. The van der Waals surface area contributed by atoms with Crippen LogP contribution < -0.4 is 10.3 Å². The van der Waals surface area contributed by atoms with Crippen LogP contribution in [-0.4, -0.2) is 33.2 Å². The van der Waals surface area contributed by atoms with Gasteiger partial charge >= 0.3 is 0 Å². The molecule has 2 aromatic heterocycles. The van der Waals surface area contributed by atoms with Gasteiger partial charge in [-0.3, -0.25) is 14.2 Å². The fraction of sp³-hybridized carbons (Fsp3) is 0.208. The van der Waals surface area contributed by atoms with Gasteiger partial charge in [-0.15, -0.1) is 11.3 Å². The van der Waals surface area contributed by atoms with E-state index in [1.807, 2.05) is 37.3 Å². The van der Waals surface area contributed by atoms with Gasteiger partial charge in [0.05, 0.1) is 18.3 Å². The number of aliphatic hydroxyl groups excluding tert-OH is 1. The highest BCUT2D eigenvalue weighted by molar-refractivity contribution is 7.22. The Labute approximate surface area is 183 Å². The van der Waals surface area contributed by atoms with E-state index in [1.165, 1.54) is 29.2 Å². The molecule has 0 aliphatic rings. The predicted molar refractivity (Wildman–Crippen MR) is 122 cm³/mol. The number of aromatic nitrogens is 2. The highest BCUT2D eigenvalue weighted by Crippen LogP contribution is 2.35. The molecule has 1 N–H and O–H groups in total. The maximum Gasteiger partial charge on any atom is 0.262 e. The molecule has 2 aromatic carbocycles. The minimum Gasteiger partial charge on any atom is -0.491 e. The topological polar surface area (TPSA) is 81.4 Å². The van der Waals surface area contributed by atoms with E-state index in [0.717, 1.165) is 16.0 Å². The number of thiophene rings is 1. The smallest absolute Gasteiger partial charge is 0.262 e. The first kappa shape index (κ1) is 21.0. The molecule has 0 radical (unpaired) electrons. The molecule has 4 aromatic rings. The first-order chi connectivity index (χ1) is 14.9. The predicted octanol–water partition coefficient (Wildman–Crippen LogP) is 4.08. The van der Waals surface area contributed by atoms with E-state index in [9.17, 15) is 14.7 Å². The van der Waals surface area contributed by atoms with Gasteiger partial charge in [0.1, 0.15) is 23.3 Å². The van der Waals surface area contributed by atoms with Gasteiger partial charge in [0.2, 0.25) is 0 Å². The summed E-state index contributed by atoms with van der Waals surface area (Å²) in [5.41, 5.74) is 2.30. The summed E-state index contributed by atoms with van der Waals surface area (Å²) in [4.78, 5) is 30.7. The third-order valence-electron chi connectivity index (χ3n) is 5.04. The van der Waals surface area contributed by atoms with Crippen molar-refractivity contribution < 1.29 is 14.6 Å². The number of benzene rings is 2. The second-order valence-electron chi connectivity index (χ2n) is 7.35. The molecule has 0 spiro atoms. The van der Waals surface area contributed by atoms with Crippen molar-refractivity contribution >= 4 is 27.3 Å². The van der Waals surface area contributed by atoms with Gasteiger partial charge in [-0.25, -0.2) is 4.98 Å². The van der Waals surface area contributed by atoms with Gasteiger partial charge in [-0.1, -0.05) is 42.5 Å². The Kier molecular flexibility index (Phi) is 5.97. The second-order valence-corrected chi connectivity index (χ2v) is 8.35. The lowest BCUT2D eigenvalue weighted by molar-refractivity contribution is 0.0913. The number of ether oxygens (including phenoxy) is 1. The van der Waals surface area contributed by atoms with Crippen LogP contribution in [-0.2, 0) is 6.54 Å². The molecule has 158 valence electrons. The number of aryl methyl sites for hydroxylation is 1. The lowest BCUT2D eigenvalue weighted by Crippen LogP contribution is -2.30. The zero-order valence-electron chi connectivity index (χ0n) is 17.2. The van der Waals surface area contributed by atoms with E-state index in [0.29, 0.717) is 21.5 Å². The fourth-order valence-electron chi connectivity index (χ4n) is 3.43. The minimum absolute atomic E-state index is 0.0102. The molecule has 0 aliphatic heterocycles. The Hall–Kier alpha value is -3.29. The summed E-state index contributed by atoms with van der Waals surface area (Å²) in [5, 5.41) is 11.0. The number of carbonyl (C=O) groups excluding carboxylic acids is 1. The Morgan fingerprint density at radius 3 is 2.71 bits per heavy atom. The number of hydrogen-bond acceptors (Lipinski definition) is 6. The van der Waals surface area contributed by atoms with Crippen molar-refractivity contribution in [3.63, 3.8) is 0 Å². The first-order valence-electron chi connectivity index (χ1n) is 9.90. The van der Waals surface area contributed by atoms with Crippen molar-refractivity contribution in [2.45, 2.75) is 26.5 Å². The Bertz CT molecular complexity index is 1290. The molecule has 0 bridgehead atoms. The monoisotopic (exact) mass is 434 g/mol.